The van der Waals surface area contributed by atoms with Gasteiger partial charge in [-0.25, -0.2) is 9.97 Å². The van der Waals surface area contributed by atoms with Crippen molar-refractivity contribution in [1.82, 2.24) is 9.97 Å². The molecule has 0 saturated heterocycles. The van der Waals surface area contributed by atoms with Crippen molar-refractivity contribution in [3.63, 3.8) is 0 Å². The normalized spacial score (nSPS) is 15.0. The van der Waals surface area contributed by atoms with Crippen LogP contribution in [0.25, 0.3) is 10.9 Å². The summed E-state index contributed by atoms with van der Waals surface area (Å²) in [6.07, 6.45) is 6.93. The third-order valence-electron chi connectivity index (χ3n) is 4.93. The molecule has 0 saturated carbocycles. The van der Waals surface area contributed by atoms with E-state index in [1.165, 1.54) is 18.5 Å². The smallest absolute Gasteiger partial charge is 0.163 e. The van der Waals surface area contributed by atoms with Crippen LogP contribution in [0.2, 0.25) is 0 Å². The molecule has 0 radical (unpaired) electrons. The highest BCUT2D eigenvalue weighted by Crippen LogP contribution is 2.37. The van der Waals surface area contributed by atoms with E-state index in [4.69, 9.17) is 30.9 Å². The van der Waals surface area contributed by atoms with Crippen LogP contribution in [0.4, 0.5) is 11.5 Å². The van der Waals surface area contributed by atoms with Gasteiger partial charge >= 0.3 is 0 Å². The van der Waals surface area contributed by atoms with Gasteiger partial charge < -0.3 is 24.3 Å². The van der Waals surface area contributed by atoms with Crippen LogP contribution in [0.5, 0.6) is 11.5 Å². The first-order valence-corrected chi connectivity index (χ1v) is 12.9. The largest absolute Gasteiger partial charge is 0.487 e. The standard InChI is InChI=1S/C32H43N3O4/c1-12-22-14-13-15-23(16-22)35-28-24-17-26(36-19-31(8,9)38-29(2,3)4)27(18-25(24)33-21-34-28)37-20-32(10,11)39-30(5,6)7/h1,13-18,21H,19-20H2,2-11H3,(H,33,34,35)/i19D2,20D2. The number of hydrogen-bond donors (Lipinski definition) is 1. The molecule has 0 amide bonds. The predicted octanol–water partition coefficient (Wildman–Crippen LogP) is 7.30. The number of nitrogens with zero attached hydrogens (tertiary/aromatic N) is 2. The van der Waals surface area contributed by atoms with Gasteiger partial charge in [-0.3, -0.25) is 0 Å². The van der Waals surface area contributed by atoms with Gasteiger partial charge in [0.2, 0.25) is 0 Å². The molecule has 0 unspecified atom stereocenters. The lowest BCUT2D eigenvalue weighted by Gasteiger charge is -2.34. The van der Waals surface area contributed by atoms with Crippen LogP contribution in [-0.2, 0) is 9.47 Å². The van der Waals surface area contributed by atoms with Crippen molar-refractivity contribution in [1.29, 1.82) is 0 Å². The summed E-state index contributed by atoms with van der Waals surface area (Å²) in [5, 5.41) is 3.71. The van der Waals surface area contributed by atoms with E-state index in [1.54, 1.807) is 39.8 Å². The lowest BCUT2D eigenvalue weighted by atomic mass is 10.1. The SMILES string of the molecule is [2H]C([2H])(Oc1cc2ncnc(Nc3cccc(C#C)c3)c2cc1OC([2H])([2H])C(C)(C)OC(C)(C)C)C(C)(C)OC(C)(C)C. The molecule has 0 spiro atoms. The number of benzene rings is 2. The van der Waals surface area contributed by atoms with Crippen molar-refractivity contribution in [2.45, 2.75) is 91.6 Å². The maximum Gasteiger partial charge on any atom is 0.163 e. The van der Waals surface area contributed by atoms with Gasteiger partial charge in [-0.05, 0) is 93.5 Å². The van der Waals surface area contributed by atoms with Gasteiger partial charge in [0.25, 0.3) is 0 Å². The quantitative estimate of drug-likeness (QED) is 0.272. The molecule has 0 aliphatic heterocycles. The fourth-order valence-electron chi connectivity index (χ4n) is 4.07. The van der Waals surface area contributed by atoms with Crippen LogP contribution in [0.15, 0.2) is 42.7 Å². The van der Waals surface area contributed by atoms with Gasteiger partial charge in [-0.15, -0.1) is 6.42 Å². The first kappa shape index (κ1) is 24.7. The number of aromatic nitrogens is 2. The maximum atomic E-state index is 8.88. The molecular formula is C32H43N3O4. The Kier molecular flexibility index (Phi) is 7.22. The topological polar surface area (TPSA) is 74.7 Å². The lowest BCUT2D eigenvalue weighted by Crippen LogP contribution is -2.40. The molecule has 2 aromatic carbocycles. The van der Waals surface area contributed by atoms with Gasteiger partial charge in [-0.1, -0.05) is 12.0 Å². The molecule has 1 N–H and O–H groups in total. The summed E-state index contributed by atoms with van der Waals surface area (Å²) >= 11 is 0. The summed E-state index contributed by atoms with van der Waals surface area (Å²) in [5.41, 5.74) is -2.40. The lowest BCUT2D eigenvalue weighted by molar-refractivity contribution is -0.131. The predicted molar refractivity (Wildman–Crippen MR) is 158 cm³/mol. The van der Waals surface area contributed by atoms with E-state index in [0.717, 1.165) is 0 Å². The second-order valence-corrected chi connectivity index (χ2v) is 12.2. The average molecular weight is 538 g/mol. The molecule has 7 heteroatoms. The van der Waals surface area contributed by atoms with Crippen molar-refractivity contribution in [2.75, 3.05) is 18.4 Å². The number of anilines is 2. The molecule has 39 heavy (non-hydrogen) atoms. The van der Waals surface area contributed by atoms with Crippen LogP contribution in [-0.4, -0.2) is 45.5 Å². The van der Waals surface area contributed by atoms with E-state index < -0.39 is 35.5 Å². The zero-order valence-corrected chi connectivity index (χ0v) is 24.6. The molecule has 3 rings (SSSR count). The monoisotopic (exact) mass is 537 g/mol. The zero-order chi connectivity index (χ0) is 32.6. The van der Waals surface area contributed by atoms with E-state index in [-0.39, 0.29) is 11.5 Å². The van der Waals surface area contributed by atoms with Crippen molar-refractivity contribution >= 4 is 22.4 Å². The van der Waals surface area contributed by atoms with Crippen LogP contribution in [0, 0.1) is 12.3 Å². The van der Waals surface area contributed by atoms with Gasteiger partial charge in [-0.2, -0.15) is 0 Å². The van der Waals surface area contributed by atoms with Crippen molar-refractivity contribution in [3.8, 4) is 23.8 Å². The molecule has 210 valence electrons. The molecule has 3 aromatic rings. The van der Waals surface area contributed by atoms with Gasteiger partial charge in [0.1, 0.15) is 25.3 Å². The second kappa shape index (κ2) is 11.4. The number of ether oxygens (including phenoxy) is 4. The first-order valence-electron chi connectivity index (χ1n) is 14.9. The number of nitrogens with one attached hydrogen (secondary N) is 1. The highest BCUT2D eigenvalue weighted by Gasteiger charge is 2.29. The molecule has 7 nitrogen and oxygen atoms in total. The summed E-state index contributed by atoms with van der Waals surface area (Å²) in [6, 6.07) is 10.3. The Bertz CT molecular complexity index is 1500. The Hall–Kier alpha value is -3.34. The molecule has 1 aromatic heterocycles. The van der Waals surface area contributed by atoms with E-state index >= 15 is 0 Å². The Balaban J connectivity index is 2.18. The summed E-state index contributed by atoms with van der Waals surface area (Å²) in [5.74, 6) is 2.86. The Labute approximate surface area is 239 Å². The summed E-state index contributed by atoms with van der Waals surface area (Å²) in [6.45, 7) is 12.6. The van der Waals surface area contributed by atoms with Crippen molar-refractivity contribution in [2.24, 2.45) is 0 Å². The van der Waals surface area contributed by atoms with Crippen molar-refractivity contribution in [3.05, 3.63) is 48.3 Å². The van der Waals surface area contributed by atoms with Crippen LogP contribution in [0.1, 0.15) is 80.3 Å². The highest BCUT2D eigenvalue weighted by molar-refractivity contribution is 5.93. The van der Waals surface area contributed by atoms with Crippen molar-refractivity contribution < 1.29 is 24.4 Å². The summed E-state index contributed by atoms with van der Waals surface area (Å²) in [4.78, 5) is 8.77. The van der Waals surface area contributed by atoms with Crippen LogP contribution >= 0.6 is 0 Å². The third-order valence-corrected chi connectivity index (χ3v) is 4.93. The minimum atomic E-state index is -2.39. The number of hydrogen-bond acceptors (Lipinski definition) is 7. The molecule has 0 aliphatic carbocycles. The Morgan fingerprint density at radius 2 is 1.38 bits per heavy atom. The fraction of sp³-hybridized carbons (Fsp3) is 0.500. The molecule has 1 heterocycles. The third kappa shape index (κ3) is 9.42. The fourth-order valence-corrected chi connectivity index (χ4v) is 4.07. The Morgan fingerprint density at radius 1 is 0.821 bits per heavy atom. The number of fused-ring (bicyclic) bond motifs is 1. The van der Waals surface area contributed by atoms with Gasteiger partial charge in [0.05, 0.1) is 33.4 Å². The number of terminal acetylenes is 1. The second-order valence-electron chi connectivity index (χ2n) is 12.2. The molecule has 0 bridgehead atoms. The average Bonchev–Trinajstić information content (AvgIpc) is 2.81. The molecule has 0 fully saturated rings. The maximum absolute atomic E-state index is 8.88. The first-order chi connectivity index (χ1) is 19.5. The minimum absolute atomic E-state index is 0.0718. The minimum Gasteiger partial charge on any atom is -0.487 e. The van der Waals surface area contributed by atoms with Gasteiger partial charge in [0, 0.05) is 22.7 Å². The van der Waals surface area contributed by atoms with E-state index in [9.17, 15) is 0 Å². The van der Waals surface area contributed by atoms with E-state index in [1.807, 2.05) is 53.7 Å². The molecule has 0 aliphatic rings. The van der Waals surface area contributed by atoms with E-state index in [2.05, 4.69) is 21.2 Å². The summed E-state index contributed by atoms with van der Waals surface area (Å²) in [7, 11) is 0. The molecule has 0 atom stereocenters. The van der Waals surface area contributed by atoms with Crippen LogP contribution < -0.4 is 14.8 Å². The van der Waals surface area contributed by atoms with Crippen LogP contribution in [0.3, 0.4) is 0 Å². The number of rotatable bonds is 10. The van der Waals surface area contributed by atoms with E-state index in [0.29, 0.717) is 28.0 Å². The highest BCUT2D eigenvalue weighted by atomic mass is 16.6. The molecular weight excluding hydrogens is 490 g/mol. The summed E-state index contributed by atoms with van der Waals surface area (Å²) < 4.78 is 59.5. The Morgan fingerprint density at radius 3 is 1.92 bits per heavy atom. The zero-order valence-electron chi connectivity index (χ0n) is 28.6. The van der Waals surface area contributed by atoms with Gasteiger partial charge in [0.15, 0.2) is 11.5 Å².